The Balaban J connectivity index is 1.68. The normalized spacial score (nSPS) is 11.6. The quantitative estimate of drug-likeness (QED) is 0.478. The minimum atomic E-state index is -2.83. The van der Waals surface area contributed by atoms with Crippen LogP contribution in [0.5, 0.6) is 5.75 Å². The number of hydrogen-bond acceptors (Lipinski definition) is 5. The molecule has 0 bridgehead atoms. The number of hydrogen-bond donors (Lipinski definition) is 1. The van der Waals surface area contributed by atoms with Gasteiger partial charge in [-0.25, -0.2) is 18.3 Å². The fourth-order valence-corrected chi connectivity index (χ4v) is 2.36. The molecule has 0 spiro atoms. The molecule has 2 heterocycles. The van der Waals surface area contributed by atoms with Gasteiger partial charge >= 0.3 is 0 Å². The molecule has 0 saturated carbocycles. The average molecular weight is 403 g/mol. The third kappa shape index (κ3) is 4.14. The number of nitrogens with zero attached hydrogens (tertiary/aromatic N) is 3. The Kier molecular flexibility index (Phi) is 5.43. The molecule has 0 unspecified atom stereocenters. The molecule has 0 atom stereocenters. The van der Waals surface area contributed by atoms with E-state index in [1.165, 1.54) is 18.3 Å². The van der Waals surface area contributed by atoms with E-state index in [9.17, 15) is 13.2 Å². The van der Waals surface area contributed by atoms with Crippen molar-refractivity contribution in [3.63, 3.8) is 0 Å². The van der Waals surface area contributed by atoms with E-state index in [4.69, 9.17) is 33.0 Å². The van der Waals surface area contributed by atoms with E-state index in [0.29, 0.717) is 11.5 Å². The number of furan rings is 1. The van der Waals surface area contributed by atoms with Gasteiger partial charge in [0.15, 0.2) is 0 Å². The average Bonchev–Trinajstić information content (AvgIpc) is 3.18. The number of nitrogens with one attached hydrogen (secondary N) is 1. The van der Waals surface area contributed by atoms with Crippen LogP contribution in [0.25, 0.3) is 0 Å². The number of aromatic amines is 1. The molecule has 26 heavy (non-hydrogen) atoms. The third-order valence-corrected chi connectivity index (χ3v) is 3.68. The van der Waals surface area contributed by atoms with Crippen molar-refractivity contribution in [2.75, 3.05) is 0 Å². The maximum Gasteiger partial charge on any atom is 0.299 e. The highest BCUT2D eigenvalue weighted by molar-refractivity contribution is 7.71. The zero-order chi connectivity index (χ0) is 18.7. The fraction of sp³-hybridized carbons (Fsp3) is 0.133. The summed E-state index contributed by atoms with van der Waals surface area (Å²) in [4.78, 5) is 0. The summed E-state index contributed by atoms with van der Waals surface area (Å²) in [6.07, 6.45) is -1.62. The highest BCUT2D eigenvalue weighted by Gasteiger charge is 2.16. The van der Waals surface area contributed by atoms with Crippen molar-refractivity contribution in [1.29, 1.82) is 0 Å². The Bertz CT molecular complexity index is 999. The molecule has 0 fully saturated rings. The van der Waals surface area contributed by atoms with Crippen molar-refractivity contribution in [2.24, 2.45) is 5.10 Å². The Morgan fingerprint density at radius 1 is 1.38 bits per heavy atom. The van der Waals surface area contributed by atoms with E-state index in [-0.39, 0.29) is 22.2 Å². The topological polar surface area (TPSA) is 68.3 Å². The van der Waals surface area contributed by atoms with Crippen LogP contribution in [-0.4, -0.2) is 21.1 Å². The summed E-state index contributed by atoms with van der Waals surface area (Å²) >= 11 is 10.7. The summed E-state index contributed by atoms with van der Waals surface area (Å²) in [5, 5.41) is 9.60. The van der Waals surface area contributed by atoms with Gasteiger partial charge in [0.25, 0.3) is 6.43 Å². The van der Waals surface area contributed by atoms with Crippen LogP contribution in [0, 0.1) is 10.6 Å². The number of benzene rings is 1. The first-order valence-corrected chi connectivity index (χ1v) is 7.89. The minimum absolute atomic E-state index is 0.0343. The van der Waals surface area contributed by atoms with Crippen LogP contribution in [0.3, 0.4) is 0 Å². The Hall–Kier alpha value is -2.59. The maximum atomic E-state index is 13.0. The second-order valence-electron chi connectivity index (χ2n) is 4.91. The third-order valence-electron chi connectivity index (χ3n) is 3.12. The van der Waals surface area contributed by atoms with Crippen LogP contribution in [0.2, 0.25) is 5.02 Å². The molecule has 2 aromatic heterocycles. The van der Waals surface area contributed by atoms with Crippen LogP contribution in [0.4, 0.5) is 13.2 Å². The molecular weight excluding hydrogens is 393 g/mol. The van der Waals surface area contributed by atoms with Gasteiger partial charge in [-0.05, 0) is 42.5 Å². The molecule has 1 N–H and O–H groups in total. The number of H-pyrrole nitrogens is 1. The van der Waals surface area contributed by atoms with Gasteiger partial charge in [-0.15, -0.1) is 0 Å². The van der Waals surface area contributed by atoms with E-state index in [0.717, 1.165) is 10.7 Å². The SMILES string of the molecule is Fc1ccc(OCc2ccc(/C=N\n3c(C(F)F)n[nH]c3=S)o2)c(Cl)c1. The predicted molar refractivity (Wildman–Crippen MR) is 89.8 cm³/mol. The van der Waals surface area contributed by atoms with E-state index in [1.807, 2.05) is 0 Å². The summed E-state index contributed by atoms with van der Waals surface area (Å²) in [6.45, 7) is 0.0343. The van der Waals surface area contributed by atoms with Gasteiger partial charge in [-0.1, -0.05) is 11.6 Å². The lowest BCUT2D eigenvalue weighted by Gasteiger charge is -2.05. The zero-order valence-corrected chi connectivity index (χ0v) is 14.4. The maximum absolute atomic E-state index is 13.0. The predicted octanol–water partition coefficient (Wildman–Crippen LogP) is 4.72. The van der Waals surface area contributed by atoms with Crippen LogP contribution in [-0.2, 0) is 6.61 Å². The lowest BCUT2D eigenvalue weighted by atomic mass is 10.3. The van der Waals surface area contributed by atoms with E-state index < -0.39 is 18.1 Å². The lowest BCUT2D eigenvalue weighted by Crippen LogP contribution is -1.99. The van der Waals surface area contributed by atoms with Crippen molar-refractivity contribution in [1.82, 2.24) is 14.9 Å². The van der Waals surface area contributed by atoms with Crippen molar-refractivity contribution in [3.05, 3.63) is 63.3 Å². The second-order valence-corrected chi connectivity index (χ2v) is 5.71. The summed E-state index contributed by atoms with van der Waals surface area (Å²) < 4.78 is 50.2. The summed E-state index contributed by atoms with van der Waals surface area (Å²) in [5.74, 6) is -0.0630. The van der Waals surface area contributed by atoms with Crippen molar-refractivity contribution < 1.29 is 22.3 Å². The standard InChI is InChI=1S/C15H10ClF3N4O2S/c16-11-5-8(17)1-4-12(11)24-7-10-3-2-9(25-10)6-20-23-14(13(18)19)21-22-15(23)26/h1-6,13H,7H2,(H,22,26)/b20-6-. The monoisotopic (exact) mass is 402 g/mol. The molecule has 0 aliphatic rings. The van der Waals surface area contributed by atoms with Crippen LogP contribution >= 0.6 is 23.8 Å². The largest absolute Gasteiger partial charge is 0.484 e. The molecule has 0 amide bonds. The highest BCUT2D eigenvalue weighted by Crippen LogP contribution is 2.26. The molecule has 136 valence electrons. The molecule has 3 aromatic rings. The summed E-state index contributed by atoms with van der Waals surface area (Å²) in [5.41, 5.74) is 0. The molecule has 0 aliphatic carbocycles. The molecule has 0 radical (unpaired) electrons. The first kappa shape index (κ1) is 18.2. The van der Waals surface area contributed by atoms with Crippen LogP contribution < -0.4 is 4.74 Å². The number of halogens is 4. The van der Waals surface area contributed by atoms with Crippen LogP contribution in [0.1, 0.15) is 23.8 Å². The van der Waals surface area contributed by atoms with Crippen LogP contribution in [0.15, 0.2) is 39.9 Å². The van der Waals surface area contributed by atoms with Gasteiger partial charge in [0.1, 0.15) is 29.7 Å². The Labute approximate surface area is 154 Å². The Morgan fingerprint density at radius 2 is 2.19 bits per heavy atom. The van der Waals surface area contributed by atoms with Crippen molar-refractivity contribution in [2.45, 2.75) is 13.0 Å². The van der Waals surface area contributed by atoms with E-state index in [1.54, 1.807) is 12.1 Å². The molecule has 3 rings (SSSR count). The summed E-state index contributed by atoms with van der Waals surface area (Å²) in [7, 11) is 0. The molecule has 0 aliphatic heterocycles. The van der Waals surface area contributed by atoms with Gasteiger partial charge < -0.3 is 9.15 Å². The molecule has 1 aromatic carbocycles. The molecular formula is C15H10ClF3N4O2S. The van der Waals surface area contributed by atoms with Gasteiger partial charge in [0, 0.05) is 0 Å². The fourth-order valence-electron chi connectivity index (χ4n) is 1.95. The van der Waals surface area contributed by atoms with Gasteiger partial charge in [0.2, 0.25) is 10.6 Å². The van der Waals surface area contributed by atoms with E-state index in [2.05, 4.69) is 15.3 Å². The zero-order valence-electron chi connectivity index (χ0n) is 12.8. The minimum Gasteiger partial charge on any atom is -0.484 e. The molecule has 6 nitrogen and oxygen atoms in total. The molecule has 11 heteroatoms. The second kappa shape index (κ2) is 7.75. The van der Waals surface area contributed by atoms with E-state index >= 15 is 0 Å². The first-order valence-electron chi connectivity index (χ1n) is 7.10. The Morgan fingerprint density at radius 3 is 2.92 bits per heavy atom. The number of alkyl halides is 2. The lowest BCUT2D eigenvalue weighted by molar-refractivity contribution is 0.136. The van der Waals surface area contributed by atoms with Crippen molar-refractivity contribution >= 4 is 30.0 Å². The molecule has 0 saturated heterocycles. The number of aromatic nitrogens is 3. The number of ether oxygens (including phenoxy) is 1. The highest BCUT2D eigenvalue weighted by atomic mass is 35.5. The van der Waals surface area contributed by atoms with Gasteiger partial charge in [0.05, 0.1) is 11.2 Å². The van der Waals surface area contributed by atoms with Gasteiger partial charge in [-0.2, -0.15) is 14.9 Å². The number of rotatable bonds is 6. The first-order chi connectivity index (χ1) is 12.4. The van der Waals surface area contributed by atoms with Crippen molar-refractivity contribution in [3.8, 4) is 5.75 Å². The smallest absolute Gasteiger partial charge is 0.299 e. The van der Waals surface area contributed by atoms with Gasteiger partial charge in [-0.3, -0.25) is 0 Å². The summed E-state index contributed by atoms with van der Waals surface area (Å²) in [6, 6.07) is 6.93.